The molecule has 2 N–H and O–H groups in total. The molecule has 1 rings (SSSR count). The predicted molar refractivity (Wildman–Crippen MR) is 64.3 cm³/mol. The highest BCUT2D eigenvalue weighted by molar-refractivity contribution is 6.30. The van der Waals surface area contributed by atoms with Gasteiger partial charge in [-0.1, -0.05) is 24.6 Å². The summed E-state index contributed by atoms with van der Waals surface area (Å²) < 4.78 is 12.9. The van der Waals surface area contributed by atoms with Crippen LogP contribution in [-0.4, -0.2) is 23.8 Å². The van der Waals surface area contributed by atoms with Gasteiger partial charge in [-0.2, -0.15) is 0 Å². The Hall–Kier alpha value is -0.640. The summed E-state index contributed by atoms with van der Waals surface area (Å²) in [7, 11) is 0. The Morgan fingerprint density at radius 3 is 2.75 bits per heavy atom. The van der Waals surface area contributed by atoms with E-state index in [4.69, 9.17) is 11.6 Å². The second kappa shape index (κ2) is 5.62. The number of hydrogen-bond donors (Lipinski definition) is 2. The standard InChI is InChI=1S/C12H17ClFNO/c1-3-15-8-12(2,16)7-9-4-5-11(14)10(13)6-9/h4-6,15-16H,3,7-8H2,1-2H3. The van der Waals surface area contributed by atoms with Crippen LogP contribution in [0.4, 0.5) is 4.39 Å². The first-order valence-electron chi connectivity index (χ1n) is 5.31. The Bertz CT molecular complexity index is 355. The van der Waals surface area contributed by atoms with Gasteiger partial charge in [-0.25, -0.2) is 4.39 Å². The van der Waals surface area contributed by atoms with Crippen LogP contribution in [0.15, 0.2) is 18.2 Å². The van der Waals surface area contributed by atoms with Crippen LogP contribution in [0.1, 0.15) is 19.4 Å². The van der Waals surface area contributed by atoms with Crippen molar-refractivity contribution in [3.63, 3.8) is 0 Å². The quantitative estimate of drug-likeness (QED) is 0.835. The average molecular weight is 246 g/mol. The molecule has 0 aliphatic rings. The molecule has 0 radical (unpaired) electrons. The second-order valence-electron chi connectivity index (χ2n) is 4.20. The lowest BCUT2D eigenvalue weighted by Crippen LogP contribution is -2.39. The van der Waals surface area contributed by atoms with Crippen molar-refractivity contribution in [3.8, 4) is 0 Å². The van der Waals surface area contributed by atoms with E-state index in [9.17, 15) is 9.50 Å². The van der Waals surface area contributed by atoms with Crippen LogP contribution in [0.5, 0.6) is 0 Å². The summed E-state index contributed by atoms with van der Waals surface area (Å²) in [5.41, 5.74) is -0.0220. The van der Waals surface area contributed by atoms with Crippen molar-refractivity contribution < 1.29 is 9.50 Å². The monoisotopic (exact) mass is 245 g/mol. The first-order valence-corrected chi connectivity index (χ1v) is 5.69. The van der Waals surface area contributed by atoms with Gasteiger partial charge >= 0.3 is 0 Å². The van der Waals surface area contributed by atoms with Gasteiger partial charge in [0.1, 0.15) is 5.82 Å². The molecule has 1 aromatic rings. The van der Waals surface area contributed by atoms with Crippen molar-refractivity contribution in [2.75, 3.05) is 13.1 Å². The predicted octanol–water partition coefficient (Wildman–Crippen LogP) is 2.38. The number of nitrogens with one attached hydrogen (secondary N) is 1. The molecule has 0 spiro atoms. The molecule has 0 saturated carbocycles. The molecule has 0 aliphatic heterocycles. The maximum absolute atomic E-state index is 12.9. The van der Waals surface area contributed by atoms with E-state index in [2.05, 4.69) is 5.32 Å². The molecule has 1 aromatic carbocycles. The van der Waals surface area contributed by atoms with Crippen molar-refractivity contribution in [1.29, 1.82) is 0 Å². The van der Waals surface area contributed by atoms with E-state index < -0.39 is 11.4 Å². The molecule has 16 heavy (non-hydrogen) atoms. The minimum Gasteiger partial charge on any atom is -0.389 e. The molecule has 0 amide bonds. The summed E-state index contributed by atoms with van der Waals surface area (Å²) in [4.78, 5) is 0. The number of halogens is 2. The fraction of sp³-hybridized carbons (Fsp3) is 0.500. The third kappa shape index (κ3) is 4.08. The first-order chi connectivity index (χ1) is 7.44. The Balaban J connectivity index is 2.68. The zero-order chi connectivity index (χ0) is 12.2. The lowest BCUT2D eigenvalue weighted by atomic mass is 9.96. The summed E-state index contributed by atoms with van der Waals surface area (Å²) in [5.74, 6) is -0.434. The van der Waals surface area contributed by atoms with E-state index in [1.54, 1.807) is 19.1 Å². The highest BCUT2D eigenvalue weighted by Gasteiger charge is 2.20. The molecule has 0 aromatic heterocycles. The smallest absolute Gasteiger partial charge is 0.141 e. The van der Waals surface area contributed by atoms with Crippen molar-refractivity contribution in [2.45, 2.75) is 25.9 Å². The molecule has 1 unspecified atom stereocenters. The Kier molecular flexibility index (Phi) is 4.71. The van der Waals surface area contributed by atoms with Crippen LogP contribution in [0, 0.1) is 5.82 Å². The SMILES string of the molecule is CCNCC(C)(O)Cc1ccc(F)c(Cl)c1. The van der Waals surface area contributed by atoms with Gasteiger partial charge in [0, 0.05) is 13.0 Å². The van der Waals surface area contributed by atoms with Gasteiger partial charge in [0.15, 0.2) is 0 Å². The number of aliphatic hydroxyl groups is 1. The van der Waals surface area contributed by atoms with E-state index in [1.807, 2.05) is 6.92 Å². The maximum atomic E-state index is 12.9. The number of benzene rings is 1. The third-order valence-corrected chi connectivity index (χ3v) is 2.61. The second-order valence-corrected chi connectivity index (χ2v) is 4.61. The Morgan fingerprint density at radius 2 is 2.19 bits per heavy atom. The van der Waals surface area contributed by atoms with Gasteiger partial charge in [0.05, 0.1) is 10.6 Å². The lowest BCUT2D eigenvalue weighted by molar-refractivity contribution is 0.0607. The fourth-order valence-electron chi connectivity index (χ4n) is 1.55. The van der Waals surface area contributed by atoms with Gasteiger partial charge in [0.25, 0.3) is 0 Å². The highest BCUT2D eigenvalue weighted by atomic mass is 35.5. The van der Waals surface area contributed by atoms with Crippen molar-refractivity contribution in [3.05, 3.63) is 34.6 Å². The van der Waals surface area contributed by atoms with Crippen LogP contribution < -0.4 is 5.32 Å². The molecule has 1 atom stereocenters. The van der Waals surface area contributed by atoms with E-state index in [1.165, 1.54) is 6.07 Å². The molecule has 90 valence electrons. The van der Waals surface area contributed by atoms with Crippen LogP contribution >= 0.6 is 11.6 Å². The normalized spacial score (nSPS) is 14.8. The topological polar surface area (TPSA) is 32.3 Å². The van der Waals surface area contributed by atoms with Crippen molar-refractivity contribution >= 4 is 11.6 Å². The third-order valence-electron chi connectivity index (χ3n) is 2.32. The van der Waals surface area contributed by atoms with Gasteiger partial charge in [0.2, 0.25) is 0 Å². The fourth-order valence-corrected chi connectivity index (χ4v) is 1.75. The maximum Gasteiger partial charge on any atom is 0.141 e. The molecule has 4 heteroatoms. The van der Waals surface area contributed by atoms with E-state index in [-0.39, 0.29) is 5.02 Å². The summed E-state index contributed by atoms with van der Waals surface area (Å²) >= 11 is 5.67. The molecule has 0 saturated heterocycles. The first kappa shape index (κ1) is 13.4. The molecule has 0 fully saturated rings. The number of hydrogen-bond acceptors (Lipinski definition) is 2. The minimum absolute atomic E-state index is 0.0942. The zero-order valence-corrected chi connectivity index (χ0v) is 10.3. The summed E-state index contributed by atoms with van der Waals surface area (Å²) in [5, 5.41) is 13.2. The van der Waals surface area contributed by atoms with Gasteiger partial charge in [-0.05, 0) is 31.2 Å². The molecule has 0 bridgehead atoms. The van der Waals surface area contributed by atoms with E-state index >= 15 is 0 Å². The van der Waals surface area contributed by atoms with Gasteiger partial charge in [-0.15, -0.1) is 0 Å². The molecular formula is C12H17ClFNO. The van der Waals surface area contributed by atoms with E-state index in [0.717, 1.165) is 12.1 Å². The Labute approximate surface area is 100 Å². The highest BCUT2D eigenvalue weighted by Crippen LogP contribution is 2.19. The van der Waals surface area contributed by atoms with Gasteiger partial charge < -0.3 is 10.4 Å². The van der Waals surface area contributed by atoms with Crippen molar-refractivity contribution in [1.82, 2.24) is 5.32 Å². The zero-order valence-electron chi connectivity index (χ0n) is 9.56. The summed E-state index contributed by atoms with van der Waals surface area (Å²) in [6.07, 6.45) is 0.444. The number of rotatable bonds is 5. The molecule has 2 nitrogen and oxygen atoms in total. The summed E-state index contributed by atoms with van der Waals surface area (Å²) in [6.45, 7) is 5.02. The average Bonchev–Trinajstić information content (AvgIpc) is 2.20. The minimum atomic E-state index is -0.850. The van der Waals surface area contributed by atoms with Crippen LogP contribution in [0.25, 0.3) is 0 Å². The van der Waals surface area contributed by atoms with E-state index in [0.29, 0.717) is 13.0 Å². The van der Waals surface area contributed by atoms with Gasteiger partial charge in [-0.3, -0.25) is 0 Å². The summed E-state index contributed by atoms with van der Waals surface area (Å²) in [6, 6.07) is 4.51. The number of likely N-dealkylation sites (N-methyl/N-ethyl adjacent to an activating group) is 1. The Morgan fingerprint density at radius 1 is 1.50 bits per heavy atom. The lowest BCUT2D eigenvalue weighted by Gasteiger charge is -2.23. The molecular weight excluding hydrogens is 229 g/mol. The largest absolute Gasteiger partial charge is 0.389 e. The van der Waals surface area contributed by atoms with Crippen LogP contribution in [-0.2, 0) is 6.42 Å². The molecule has 0 heterocycles. The molecule has 0 aliphatic carbocycles. The van der Waals surface area contributed by atoms with Crippen LogP contribution in [0.3, 0.4) is 0 Å². The van der Waals surface area contributed by atoms with Crippen LogP contribution in [0.2, 0.25) is 5.02 Å². The van der Waals surface area contributed by atoms with Crippen molar-refractivity contribution in [2.24, 2.45) is 0 Å².